The highest BCUT2D eigenvalue weighted by atomic mass is 32.2. The van der Waals surface area contributed by atoms with Crippen LogP contribution in [0, 0.1) is 0 Å². The number of carboxylic acids is 1. The molecule has 0 amide bonds. The molecule has 0 radical (unpaired) electrons. The Kier molecular flexibility index (Phi) is 4.25. The molecule has 0 fully saturated rings. The molecular formula is C14H13NO5S. The zero-order valence-corrected chi connectivity index (χ0v) is 11.7. The van der Waals surface area contributed by atoms with Crippen LogP contribution in [0.25, 0.3) is 0 Å². The third-order valence-electron chi connectivity index (χ3n) is 2.82. The van der Waals surface area contributed by atoms with Crippen molar-refractivity contribution in [1.82, 2.24) is 4.72 Å². The summed E-state index contributed by atoms with van der Waals surface area (Å²) in [6, 6.07) is 12.0. The first-order valence-corrected chi connectivity index (χ1v) is 7.48. The molecule has 21 heavy (non-hydrogen) atoms. The topological polar surface area (TPSA) is 104 Å². The first-order valence-electron chi connectivity index (χ1n) is 6.00. The van der Waals surface area contributed by atoms with Gasteiger partial charge in [-0.2, -0.15) is 0 Å². The number of aromatic hydroxyl groups is 1. The number of carbonyl (C=O) groups is 1. The smallest absolute Gasteiger partial charge is 0.339 e. The van der Waals surface area contributed by atoms with Crippen molar-refractivity contribution in [3.05, 3.63) is 59.7 Å². The second-order valence-electron chi connectivity index (χ2n) is 4.29. The fraction of sp³-hybridized carbons (Fsp3) is 0.0714. The molecule has 0 aromatic heterocycles. The molecule has 0 spiro atoms. The molecule has 6 nitrogen and oxygen atoms in total. The van der Waals surface area contributed by atoms with Crippen molar-refractivity contribution in [1.29, 1.82) is 0 Å². The van der Waals surface area contributed by atoms with Gasteiger partial charge in [-0.05, 0) is 17.7 Å². The van der Waals surface area contributed by atoms with Gasteiger partial charge in [-0.3, -0.25) is 0 Å². The van der Waals surface area contributed by atoms with Gasteiger partial charge in [0.05, 0.1) is 4.90 Å². The van der Waals surface area contributed by atoms with Crippen LogP contribution in [0.15, 0.2) is 53.4 Å². The summed E-state index contributed by atoms with van der Waals surface area (Å²) in [6.45, 7) is 0.102. The number of aromatic carboxylic acids is 1. The average Bonchev–Trinajstić information content (AvgIpc) is 2.46. The van der Waals surface area contributed by atoms with Crippen molar-refractivity contribution < 1.29 is 23.4 Å². The van der Waals surface area contributed by atoms with Crippen LogP contribution in [0.1, 0.15) is 15.9 Å². The van der Waals surface area contributed by atoms with E-state index in [-0.39, 0.29) is 17.0 Å². The zero-order chi connectivity index (χ0) is 15.5. The Morgan fingerprint density at radius 2 is 1.76 bits per heavy atom. The Balaban J connectivity index is 2.20. The molecular weight excluding hydrogens is 294 g/mol. The van der Waals surface area contributed by atoms with Crippen molar-refractivity contribution in [3.8, 4) is 5.75 Å². The minimum atomic E-state index is -3.83. The van der Waals surface area contributed by atoms with Crippen LogP contribution in [0.2, 0.25) is 0 Å². The standard InChI is InChI=1S/C14H13NO5S/c16-13-8-11(6-7-12(13)14(17)18)21(19,20)15-9-10-4-2-1-3-5-10/h1-8,15-16H,9H2,(H,17,18). The van der Waals surface area contributed by atoms with Crippen molar-refractivity contribution in [2.24, 2.45) is 0 Å². The normalized spacial score (nSPS) is 11.2. The van der Waals surface area contributed by atoms with Crippen LogP contribution in [-0.2, 0) is 16.6 Å². The Morgan fingerprint density at radius 3 is 2.33 bits per heavy atom. The van der Waals surface area contributed by atoms with E-state index in [9.17, 15) is 18.3 Å². The lowest BCUT2D eigenvalue weighted by Crippen LogP contribution is -2.23. The van der Waals surface area contributed by atoms with E-state index in [1.54, 1.807) is 24.3 Å². The van der Waals surface area contributed by atoms with Crippen LogP contribution >= 0.6 is 0 Å². The number of phenols is 1. The second kappa shape index (κ2) is 5.94. The summed E-state index contributed by atoms with van der Waals surface area (Å²) < 4.78 is 26.5. The lowest BCUT2D eigenvalue weighted by Gasteiger charge is -2.08. The van der Waals surface area contributed by atoms with E-state index in [2.05, 4.69) is 4.72 Å². The summed E-state index contributed by atoms with van der Waals surface area (Å²) in [6.07, 6.45) is 0. The highest BCUT2D eigenvalue weighted by Gasteiger charge is 2.17. The monoisotopic (exact) mass is 307 g/mol. The first kappa shape index (κ1) is 15.0. The maximum absolute atomic E-state index is 12.1. The molecule has 0 saturated carbocycles. The number of carboxylic acid groups (broad SMARTS) is 1. The lowest BCUT2D eigenvalue weighted by molar-refractivity contribution is 0.0693. The maximum atomic E-state index is 12.1. The first-order chi connectivity index (χ1) is 9.90. The molecule has 2 aromatic rings. The SMILES string of the molecule is O=C(O)c1ccc(S(=O)(=O)NCc2ccccc2)cc1O. The molecule has 0 aliphatic carbocycles. The second-order valence-corrected chi connectivity index (χ2v) is 6.06. The van der Waals surface area contributed by atoms with Gasteiger partial charge in [-0.1, -0.05) is 30.3 Å². The Labute approximate surface area is 121 Å². The molecule has 0 saturated heterocycles. The van der Waals surface area contributed by atoms with Crippen LogP contribution in [0.3, 0.4) is 0 Å². The Morgan fingerprint density at radius 1 is 1.10 bits per heavy atom. The Bertz CT molecular complexity index is 756. The lowest BCUT2D eigenvalue weighted by atomic mass is 10.2. The number of nitrogens with one attached hydrogen (secondary N) is 1. The minimum absolute atomic E-state index is 0.102. The summed E-state index contributed by atoms with van der Waals surface area (Å²) in [5.74, 6) is -1.92. The summed E-state index contributed by atoms with van der Waals surface area (Å²) in [5.41, 5.74) is 0.435. The number of hydrogen-bond acceptors (Lipinski definition) is 4. The van der Waals surface area contributed by atoms with Gasteiger partial charge < -0.3 is 10.2 Å². The quantitative estimate of drug-likeness (QED) is 0.778. The van der Waals surface area contributed by atoms with Crippen molar-refractivity contribution in [2.75, 3.05) is 0 Å². The van der Waals surface area contributed by atoms with E-state index in [0.717, 1.165) is 23.8 Å². The van der Waals surface area contributed by atoms with Crippen LogP contribution in [-0.4, -0.2) is 24.6 Å². The van der Waals surface area contributed by atoms with Crippen LogP contribution in [0.4, 0.5) is 0 Å². The van der Waals surface area contributed by atoms with Gasteiger partial charge in [-0.25, -0.2) is 17.9 Å². The summed E-state index contributed by atoms with van der Waals surface area (Å²) in [7, 11) is -3.83. The molecule has 7 heteroatoms. The minimum Gasteiger partial charge on any atom is -0.507 e. The molecule has 0 bridgehead atoms. The largest absolute Gasteiger partial charge is 0.507 e. The molecule has 0 aliphatic heterocycles. The van der Waals surface area contributed by atoms with Gasteiger partial charge in [-0.15, -0.1) is 0 Å². The molecule has 2 aromatic carbocycles. The average molecular weight is 307 g/mol. The van der Waals surface area contributed by atoms with E-state index < -0.39 is 21.7 Å². The molecule has 110 valence electrons. The van der Waals surface area contributed by atoms with Gasteiger partial charge in [0.15, 0.2) is 0 Å². The summed E-state index contributed by atoms with van der Waals surface area (Å²) in [5, 5.41) is 18.3. The highest BCUT2D eigenvalue weighted by Crippen LogP contribution is 2.21. The predicted octanol–water partition coefficient (Wildman–Crippen LogP) is 1.57. The third kappa shape index (κ3) is 3.59. The fourth-order valence-electron chi connectivity index (χ4n) is 1.72. The van der Waals surface area contributed by atoms with Crippen molar-refractivity contribution >= 4 is 16.0 Å². The van der Waals surface area contributed by atoms with Crippen molar-refractivity contribution in [2.45, 2.75) is 11.4 Å². The third-order valence-corrected chi connectivity index (χ3v) is 4.22. The van der Waals surface area contributed by atoms with E-state index in [1.165, 1.54) is 0 Å². The zero-order valence-electron chi connectivity index (χ0n) is 10.9. The molecule has 2 rings (SSSR count). The van der Waals surface area contributed by atoms with Gasteiger partial charge in [0.1, 0.15) is 11.3 Å². The van der Waals surface area contributed by atoms with Crippen LogP contribution < -0.4 is 4.72 Å². The van der Waals surface area contributed by atoms with E-state index >= 15 is 0 Å². The molecule has 0 unspecified atom stereocenters. The van der Waals surface area contributed by atoms with Gasteiger partial charge in [0.25, 0.3) is 0 Å². The molecule has 3 N–H and O–H groups in total. The number of sulfonamides is 1. The maximum Gasteiger partial charge on any atom is 0.339 e. The van der Waals surface area contributed by atoms with Crippen molar-refractivity contribution in [3.63, 3.8) is 0 Å². The number of hydrogen-bond donors (Lipinski definition) is 3. The van der Waals surface area contributed by atoms with Gasteiger partial charge in [0, 0.05) is 12.6 Å². The Hall–Kier alpha value is -2.38. The molecule has 0 heterocycles. The van der Waals surface area contributed by atoms with Gasteiger partial charge in [0.2, 0.25) is 10.0 Å². The molecule has 0 atom stereocenters. The summed E-state index contributed by atoms with van der Waals surface area (Å²) in [4.78, 5) is 10.6. The van der Waals surface area contributed by atoms with E-state index in [1.807, 2.05) is 6.07 Å². The molecule has 0 aliphatic rings. The number of rotatable bonds is 5. The summed E-state index contributed by atoms with van der Waals surface area (Å²) >= 11 is 0. The highest BCUT2D eigenvalue weighted by molar-refractivity contribution is 7.89. The van der Waals surface area contributed by atoms with E-state index in [0.29, 0.717) is 0 Å². The van der Waals surface area contributed by atoms with Gasteiger partial charge >= 0.3 is 5.97 Å². The fourth-order valence-corrected chi connectivity index (χ4v) is 2.75. The number of benzene rings is 2. The van der Waals surface area contributed by atoms with Crippen LogP contribution in [0.5, 0.6) is 5.75 Å². The predicted molar refractivity (Wildman–Crippen MR) is 75.5 cm³/mol. The van der Waals surface area contributed by atoms with E-state index in [4.69, 9.17) is 5.11 Å².